The third-order valence-electron chi connectivity index (χ3n) is 5.38. The van der Waals surface area contributed by atoms with Gasteiger partial charge in [0.1, 0.15) is 0 Å². The van der Waals surface area contributed by atoms with Gasteiger partial charge in [0, 0.05) is 12.5 Å². The first-order valence-corrected chi connectivity index (χ1v) is 9.81. The van der Waals surface area contributed by atoms with Gasteiger partial charge in [0.25, 0.3) is 0 Å². The van der Waals surface area contributed by atoms with Crippen LogP contribution in [0.2, 0.25) is 0 Å². The molecule has 2 aromatic carbocycles. The molecule has 2 unspecified atom stereocenters. The molecule has 29 heavy (non-hydrogen) atoms. The zero-order chi connectivity index (χ0) is 20.9. The molecule has 0 spiro atoms. The summed E-state index contributed by atoms with van der Waals surface area (Å²) in [5.74, 6) is 2.79. The minimum atomic E-state index is -0.629. The SMILES string of the molecule is COc1ccc(C(C)(C#N)CCCC(N)CC2Oc3ccccc3O2)cc1OC. The molecule has 0 fully saturated rings. The number of nitriles is 1. The summed E-state index contributed by atoms with van der Waals surface area (Å²) in [6, 6.07) is 15.6. The summed E-state index contributed by atoms with van der Waals surface area (Å²) in [4.78, 5) is 0. The molecule has 0 aromatic heterocycles. The normalized spacial score (nSPS) is 16.0. The number of nitrogens with two attached hydrogens (primary N) is 1. The molecule has 1 aliphatic rings. The van der Waals surface area contributed by atoms with Crippen LogP contribution < -0.4 is 24.7 Å². The van der Waals surface area contributed by atoms with Crippen molar-refractivity contribution < 1.29 is 18.9 Å². The third kappa shape index (κ3) is 4.75. The van der Waals surface area contributed by atoms with Gasteiger partial charge in [-0.3, -0.25) is 0 Å². The topological polar surface area (TPSA) is 86.7 Å². The molecule has 2 aromatic rings. The predicted octanol–water partition coefficient (Wildman–Crippen LogP) is 4.17. The summed E-state index contributed by atoms with van der Waals surface area (Å²) in [5.41, 5.74) is 6.58. The van der Waals surface area contributed by atoms with Gasteiger partial charge in [-0.05, 0) is 56.0 Å². The van der Waals surface area contributed by atoms with Gasteiger partial charge in [-0.1, -0.05) is 18.2 Å². The summed E-state index contributed by atoms with van der Waals surface area (Å²) in [7, 11) is 3.19. The Morgan fingerprint density at radius 2 is 1.76 bits per heavy atom. The van der Waals surface area contributed by atoms with E-state index in [1.807, 2.05) is 49.4 Å². The Morgan fingerprint density at radius 3 is 2.34 bits per heavy atom. The van der Waals surface area contributed by atoms with Gasteiger partial charge in [0.05, 0.1) is 25.7 Å². The highest BCUT2D eigenvalue weighted by Crippen LogP contribution is 2.37. The van der Waals surface area contributed by atoms with Crippen LogP contribution in [-0.2, 0) is 5.41 Å². The largest absolute Gasteiger partial charge is 0.493 e. The number of hydrogen-bond acceptors (Lipinski definition) is 6. The lowest BCUT2D eigenvalue weighted by atomic mass is 9.79. The first-order chi connectivity index (χ1) is 14.0. The lowest BCUT2D eigenvalue weighted by Crippen LogP contribution is -2.31. The zero-order valence-corrected chi connectivity index (χ0v) is 17.2. The molecule has 6 heteroatoms. The molecular formula is C23H28N2O4. The van der Waals surface area contributed by atoms with Crippen molar-refractivity contribution in [3.05, 3.63) is 48.0 Å². The molecule has 0 saturated heterocycles. The molecule has 0 amide bonds. The Balaban J connectivity index is 1.53. The van der Waals surface area contributed by atoms with E-state index in [1.165, 1.54) is 0 Å². The van der Waals surface area contributed by atoms with Crippen LogP contribution in [0.4, 0.5) is 0 Å². The average molecular weight is 396 g/mol. The molecule has 0 bridgehead atoms. The second-order valence-electron chi connectivity index (χ2n) is 7.51. The number of methoxy groups -OCH3 is 2. The number of fused-ring (bicyclic) bond motifs is 1. The number of rotatable bonds is 9. The first kappa shape index (κ1) is 20.8. The standard InChI is InChI=1S/C23H28N2O4/c1-23(15-24,16-10-11-18(26-2)21(13-16)27-3)12-6-7-17(25)14-22-28-19-8-4-5-9-20(19)29-22/h4-5,8-11,13,17,22H,6-7,12,14,25H2,1-3H3. The third-order valence-corrected chi connectivity index (χ3v) is 5.38. The number of para-hydroxylation sites is 2. The molecule has 0 radical (unpaired) electrons. The monoisotopic (exact) mass is 396 g/mol. The maximum absolute atomic E-state index is 9.83. The molecule has 3 rings (SSSR count). The highest BCUT2D eigenvalue weighted by Gasteiger charge is 2.29. The predicted molar refractivity (Wildman–Crippen MR) is 110 cm³/mol. The second kappa shape index (κ2) is 9.06. The quantitative estimate of drug-likeness (QED) is 0.684. The van der Waals surface area contributed by atoms with Gasteiger partial charge >= 0.3 is 0 Å². The van der Waals surface area contributed by atoms with E-state index in [4.69, 9.17) is 24.7 Å². The van der Waals surface area contributed by atoms with Crippen molar-refractivity contribution in [3.8, 4) is 29.1 Å². The van der Waals surface area contributed by atoms with Crippen LogP contribution in [0.3, 0.4) is 0 Å². The molecular weight excluding hydrogens is 368 g/mol. The summed E-state index contributed by atoms with van der Waals surface area (Å²) >= 11 is 0. The minimum Gasteiger partial charge on any atom is -0.493 e. The maximum Gasteiger partial charge on any atom is 0.243 e. The lowest BCUT2D eigenvalue weighted by molar-refractivity contribution is 0.0350. The summed E-state index contributed by atoms with van der Waals surface area (Å²) in [6.45, 7) is 1.94. The Morgan fingerprint density at radius 1 is 1.10 bits per heavy atom. The Hall–Kier alpha value is -2.91. The van der Waals surface area contributed by atoms with Crippen LogP contribution in [0.1, 0.15) is 38.2 Å². The lowest BCUT2D eigenvalue weighted by Gasteiger charge is -2.24. The van der Waals surface area contributed by atoms with E-state index < -0.39 is 5.41 Å². The van der Waals surface area contributed by atoms with Crippen LogP contribution >= 0.6 is 0 Å². The summed E-state index contributed by atoms with van der Waals surface area (Å²) in [6.07, 6.45) is 2.55. The van der Waals surface area contributed by atoms with Gasteiger partial charge in [0.15, 0.2) is 23.0 Å². The van der Waals surface area contributed by atoms with Gasteiger partial charge in [-0.15, -0.1) is 0 Å². The molecule has 0 saturated carbocycles. The maximum atomic E-state index is 9.83. The summed E-state index contributed by atoms with van der Waals surface area (Å²) in [5, 5.41) is 9.83. The van der Waals surface area contributed by atoms with Crippen molar-refractivity contribution in [2.45, 2.75) is 50.4 Å². The number of hydrogen-bond donors (Lipinski definition) is 1. The van der Waals surface area contributed by atoms with Gasteiger partial charge in [-0.25, -0.2) is 0 Å². The number of nitrogens with zero attached hydrogens (tertiary/aromatic N) is 1. The molecule has 0 aliphatic carbocycles. The molecule has 2 atom stereocenters. The van der Waals surface area contributed by atoms with E-state index in [2.05, 4.69) is 6.07 Å². The summed E-state index contributed by atoms with van der Waals surface area (Å²) < 4.78 is 22.2. The van der Waals surface area contributed by atoms with Crippen LogP contribution in [0, 0.1) is 11.3 Å². The Kier molecular flexibility index (Phi) is 6.50. The van der Waals surface area contributed by atoms with E-state index >= 15 is 0 Å². The highest BCUT2D eigenvalue weighted by atomic mass is 16.7. The number of ether oxygens (including phenoxy) is 4. The van der Waals surface area contributed by atoms with Crippen LogP contribution in [0.5, 0.6) is 23.0 Å². The van der Waals surface area contributed by atoms with E-state index in [0.29, 0.717) is 24.3 Å². The molecule has 154 valence electrons. The Labute approximate surface area is 172 Å². The molecule has 1 aliphatic heterocycles. The van der Waals surface area contributed by atoms with Crippen molar-refractivity contribution in [1.29, 1.82) is 5.26 Å². The minimum absolute atomic E-state index is 0.0670. The fourth-order valence-corrected chi connectivity index (χ4v) is 3.58. The van der Waals surface area contributed by atoms with Gasteiger partial charge in [0.2, 0.25) is 6.29 Å². The van der Waals surface area contributed by atoms with Crippen molar-refractivity contribution in [3.63, 3.8) is 0 Å². The fraction of sp³-hybridized carbons (Fsp3) is 0.435. The average Bonchev–Trinajstić information content (AvgIpc) is 3.15. The van der Waals surface area contributed by atoms with Crippen LogP contribution in [0.15, 0.2) is 42.5 Å². The van der Waals surface area contributed by atoms with Crippen molar-refractivity contribution in [2.75, 3.05) is 14.2 Å². The smallest absolute Gasteiger partial charge is 0.243 e. The van der Waals surface area contributed by atoms with E-state index in [-0.39, 0.29) is 12.3 Å². The first-order valence-electron chi connectivity index (χ1n) is 9.81. The van der Waals surface area contributed by atoms with Crippen LogP contribution in [-0.4, -0.2) is 26.6 Å². The fourth-order valence-electron chi connectivity index (χ4n) is 3.58. The highest BCUT2D eigenvalue weighted by molar-refractivity contribution is 5.46. The van der Waals surface area contributed by atoms with Crippen molar-refractivity contribution in [1.82, 2.24) is 0 Å². The van der Waals surface area contributed by atoms with Gasteiger partial charge < -0.3 is 24.7 Å². The van der Waals surface area contributed by atoms with Crippen molar-refractivity contribution >= 4 is 0 Å². The van der Waals surface area contributed by atoms with Crippen LogP contribution in [0.25, 0.3) is 0 Å². The molecule has 2 N–H and O–H groups in total. The van der Waals surface area contributed by atoms with E-state index in [9.17, 15) is 5.26 Å². The number of benzene rings is 2. The van der Waals surface area contributed by atoms with E-state index in [0.717, 1.165) is 29.9 Å². The second-order valence-corrected chi connectivity index (χ2v) is 7.51. The van der Waals surface area contributed by atoms with E-state index in [1.54, 1.807) is 14.2 Å². The zero-order valence-electron chi connectivity index (χ0n) is 17.2. The molecule has 6 nitrogen and oxygen atoms in total. The molecule has 1 heterocycles. The Bertz CT molecular complexity index is 854. The van der Waals surface area contributed by atoms with Gasteiger partial charge in [-0.2, -0.15) is 5.26 Å². The van der Waals surface area contributed by atoms with Crippen molar-refractivity contribution in [2.24, 2.45) is 5.73 Å².